The van der Waals surface area contributed by atoms with Crippen LogP contribution in [0.5, 0.6) is 0 Å². The maximum atomic E-state index is 11.0. The molecule has 0 radical (unpaired) electrons. The Labute approximate surface area is 113 Å². The molecule has 2 unspecified atom stereocenters. The van der Waals surface area contributed by atoms with Gasteiger partial charge in [-0.05, 0) is 27.1 Å². The first-order valence-electron chi connectivity index (χ1n) is 5.67. The average molecular weight is 309 g/mol. The van der Waals surface area contributed by atoms with Crippen LogP contribution in [0, 0.1) is 0 Å². The lowest BCUT2D eigenvalue weighted by Crippen LogP contribution is -2.28. The van der Waals surface area contributed by atoms with Gasteiger partial charge in [-0.3, -0.25) is 0 Å². The zero-order valence-electron chi connectivity index (χ0n) is 9.84. The Morgan fingerprint density at radius 1 is 1.50 bits per heavy atom. The predicted octanol–water partition coefficient (Wildman–Crippen LogP) is 1.22. The minimum absolute atomic E-state index is 0.173. The van der Waals surface area contributed by atoms with Crippen LogP contribution in [0.25, 0.3) is 0 Å². The summed E-state index contributed by atoms with van der Waals surface area (Å²) in [5.41, 5.74) is 7.43. The number of hydrogen-bond donors (Lipinski definition) is 2. The van der Waals surface area contributed by atoms with E-state index in [1.165, 1.54) is 0 Å². The highest BCUT2D eigenvalue weighted by Crippen LogP contribution is 2.47. The fraction of sp³-hybridized carbons (Fsp3) is 0.333. The molecular formula is C12H13BrN4O. The van der Waals surface area contributed by atoms with Gasteiger partial charge in [0.15, 0.2) is 4.60 Å². The van der Waals surface area contributed by atoms with Crippen molar-refractivity contribution in [3.05, 3.63) is 45.7 Å². The molecule has 2 aromatic rings. The van der Waals surface area contributed by atoms with Gasteiger partial charge in [0.2, 0.25) is 0 Å². The minimum atomic E-state index is -1.13. The molecule has 1 aromatic heterocycles. The smallest absolute Gasteiger partial charge is 0.154 e. The highest BCUT2D eigenvalue weighted by atomic mass is 79.9. The maximum absolute atomic E-state index is 11.0. The van der Waals surface area contributed by atoms with Gasteiger partial charge in [-0.2, -0.15) is 0 Å². The van der Waals surface area contributed by atoms with Gasteiger partial charge >= 0.3 is 0 Å². The van der Waals surface area contributed by atoms with E-state index in [4.69, 9.17) is 5.73 Å². The van der Waals surface area contributed by atoms with Gasteiger partial charge < -0.3 is 10.8 Å². The number of aromatic nitrogens is 3. The fourth-order valence-electron chi connectivity index (χ4n) is 2.73. The van der Waals surface area contributed by atoms with Crippen LogP contribution in [0.2, 0.25) is 0 Å². The zero-order valence-corrected chi connectivity index (χ0v) is 11.4. The molecule has 18 heavy (non-hydrogen) atoms. The van der Waals surface area contributed by atoms with Crippen LogP contribution in [0.3, 0.4) is 0 Å². The molecule has 0 saturated heterocycles. The molecule has 0 bridgehead atoms. The molecule has 0 saturated carbocycles. The monoisotopic (exact) mass is 308 g/mol. The normalized spacial score (nSPS) is 26.3. The largest absolute Gasteiger partial charge is 0.379 e. The van der Waals surface area contributed by atoms with Gasteiger partial charge in [0.1, 0.15) is 11.3 Å². The van der Waals surface area contributed by atoms with E-state index in [2.05, 4.69) is 26.2 Å². The van der Waals surface area contributed by atoms with E-state index in [9.17, 15) is 5.11 Å². The summed E-state index contributed by atoms with van der Waals surface area (Å²) in [5, 5.41) is 18.9. The van der Waals surface area contributed by atoms with Crippen molar-refractivity contribution in [1.82, 2.24) is 15.0 Å². The van der Waals surface area contributed by atoms with E-state index < -0.39 is 5.60 Å². The summed E-state index contributed by atoms with van der Waals surface area (Å²) in [6, 6.07) is 7.52. The van der Waals surface area contributed by atoms with Gasteiger partial charge in [-0.1, -0.05) is 29.5 Å². The van der Waals surface area contributed by atoms with Crippen LogP contribution in [-0.2, 0) is 12.6 Å². The fourth-order valence-corrected chi connectivity index (χ4v) is 3.39. The summed E-state index contributed by atoms with van der Waals surface area (Å²) < 4.78 is 2.13. The second-order valence-electron chi connectivity index (χ2n) is 4.61. The van der Waals surface area contributed by atoms with E-state index >= 15 is 0 Å². The molecule has 0 spiro atoms. The predicted molar refractivity (Wildman–Crippen MR) is 69.7 cm³/mol. The summed E-state index contributed by atoms with van der Waals surface area (Å²) in [6.45, 7) is 0. The Bertz CT molecular complexity index is 592. The van der Waals surface area contributed by atoms with Crippen LogP contribution in [0.15, 0.2) is 28.9 Å². The second kappa shape index (κ2) is 3.88. The molecule has 0 fully saturated rings. The van der Waals surface area contributed by atoms with Crippen molar-refractivity contribution >= 4 is 15.9 Å². The maximum Gasteiger partial charge on any atom is 0.154 e. The van der Waals surface area contributed by atoms with E-state index in [-0.39, 0.29) is 6.04 Å². The zero-order chi connectivity index (χ0) is 12.9. The number of aliphatic hydroxyl groups is 1. The van der Waals surface area contributed by atoms with Crippen molar-refractivity contribution in [1.29, 1.82) is 0 Å². The molecule has 0 aliphatic heterocycles. The molecule has 0 amide bonds. The number of rotatable bonds is 1. The molecule has 3 N–H and O–H groups in total. The van der Waals surface area contributed by atoms with Crippen molar-refractivity contribution in [3.63, 3.8) is 0 Å². The molecular weight excluding hydrogens is 296 g/mol. The number of hydrogen-bond acceptors (Lipinski definition) is 4. The van der Waals surface area contributed by atoms with Crippen LogP contribution < -0.4 is 5.73 Å². The van der Waals surface area contributed by atoms with Gasteiger partial charge in [0.05, 0.1) is 0 Å². The lowest BCUT2D eigenvalue weighted by molar-refractivity contribution is 0.0681. The third kappa shape index (κ3) is 1.46. The molecule has 94 valence electrons. The Morgan fingerprint density at radius 3 is 2.89 bits per heavy atom. The number of benzene rings is 1. The SMILES string of the molecule is Cn1nnc(Br)c1C1(O)CC(N)c2ccccc21. The molecule has 2 atom stereocenters. The van der Waals surface area contributed by atoms with E-state index in [0.717, 1.165) is 11.1 Å². The van der Waals surface area contributed by atoms with Crippen molar-refractivity contribution < 1.29 is 5.11 Å². The number of nitrogens with two attached hydrogens (primary N) is 1. The Hall–Kier alpha value is -1.24. The number of nitrogens with zero attached hydrogens (tertiary/aromatic N) is 3. The lowest BCUT2D eigenvalue weighted by Gasteiger charge is -2.24. The summed E-state index contributed by atoms with van der Waals surface area (Å²) in [5.74, 6) is 0. The standard InChI is InChI=1S/C12H13BrN4O/c1-17-10(11(13)15-16-17)12(18)6-9(14)7-4-2-3-5-8(7)12/h2-5,9,18H,6,14H2,1H3. The van der Waals surface area contributed by atoms with Crippen molar-refractivity contribution in [2.75, 3.05) is 0 Å². The minimum Gasteiger partial charge on any atom is -0.379 e. The number of aryl methyl sites for hydroxylation is 1. The molecule has 6 heteroatoms. The molecule has 1 heterocycles. The quantitative estimate of drug-likeness (QED) is 0.830. The molecule has 5 nitrogen and oxygen atoms in total. The van der Waals surface area contributed by atoms with Crippen LogP contribution in [0.4, 0.5) is 0 Å². The molecule has 1 aliphatic rings. The van der Waals surface area contributed by atoms with E-state index in [1.807, 2.05) is 24.3 Å². The highest BCUT2D eigenvalue weighted by molar-refractivity contribution is 9.10. The number of halogens is 1. The summed E-state index contributed by atoms with van der Waals surface area (Å²) >= 11 is 3.34. The average Bonchev–Trinajstić information content (AvgIpc) is 2.80. The summed E-state index contributed by atoms with van der Waals surface area (Å²) in [7, 11) is 1.76. The van der Waals surface area contributed by atoms with Gasteiger partial charge in [-0.15, -0.1) is 5.10 Å². The van der Waals surface area contributed by atoms with Crippen LogP contribution in [-0.4, -0.2) is 20.1 Å². The van der Waals surface area contributed by atoms with Crippen LogP contribution in [0.1, 0.15) is 29.3 Å². The van der Waals surface area contributed by atoms with Crippen molar-refractivity contribution in [2.24, 2.45) is 12.8 Å². The van der Waals surface area contributed by atoms with Crippen LogP contribution >= 0.6 is 15.9 Å². The molecule has 3 rings (SSSR count). The Morgan fingerprint density at radius 2 is 2.22 bits per heavy atom. The second-order valence-corrected chi connectivity index (χ2v) is 5.36. The third-order valence-electron chi connectivity index (χ3n) is 3.50. The summed E-state index contributed by atoms with van der Waals surface area (Å²) in [4.78, 5) is 0. The first-order valence-corrected chi connectivity index (χ1v) is 6.46. The first-order chi connectivity index (χ1) is 8.54. The highest BCUT2D eigenvalue weighted by Gasteiger charge is 2.45. The Balaban J connectivity index is 2.24. The topological polar surface area (TPSA) is 77.0 Å². The lowest BCUT2D eigenvalue weighted by atomic mass is 9.92. The molecule has 1 aliphatic carbocycles. The first kappa shape index (κ1) is 11.8. The van der Waals surface area contributed by atoms with Gasteiger partial charge in [0.25, 0.3) is 0 Å². The number of fused-ring (bicyclic) bond motifs is 1. The molecule has 1 aromatic carbocycles. The third-order valence-corrected chi connectivity index (χ3v) is 4.03. The summed E-state index contributed by atoms with van der Waals surface area (Å²) in [6.07, 6.45) is 0.437. The van der Waals surface area contributed by atoms with Crippen molar-refractivity contribution in [2.45, 2.75) is 18.1 Å². The van der Waals surface area contributed by atoms with Gasteiger partial charge in [-0.25, -0.2) is 4.68 Å². The van der Waals surface area contributed by atoms with Gasteiger partial charge in [0, 0.05) is 19.5 Å². The van der Waals surface area contributed by atoms with E-state index in [0.29, 0.717) is 16.7 Å². The van der Waals surface area contributed by atoms with Crippen molar-refractivity contribution in [3.8, 4) is 0 Å². The Kier molecular flexibility index (Phi) is 2.55. The van der Waals surface area contributed by atoms with E-state index in [1.54, 1.807) is 11.7 Å².